The van der Waals surface area contributed by atoms with Gasteiger partial charge >= 0.3 is 0 Å². The Hall–Kier alpha value is -0.850. The maximum absolute atomic E-state index is 9.19. The molecule has 118 valence electrons. The lowest BCUT2D eigenvalue weighted by molar-refractivity contribution is -0.0952. The smallest absolute Gasteiger partial charge is 0.144 e. The van der Waals surface area contributed by atoms with Crippen LogP contribution in [-0.4, -0.2) is 59.5 Å². The largest absolute Gasteiger partial charge is 0.409 e. The molecule has 1 rings (SSSR count). The highest BCUT2D eigenvalue weighted by Gasteiger charge is 2.25. The first-order chi connectivity index (χ1) is 9.39. The summed E-state index contributed by atoms with van der Waals surface area (Å²) in [6.07, 6.45) is 3.10. The van der Waals surface area contributed by atoms with E-state index in [9.17, 15) is 5.11 Å². The molecule has 1 fully saturated rings. The van der Waals surface area contributed by atoms with Crippen LogP contribution < -0.4 is 5.73 Å². The van der Waals surface area contributed by atoms with Crippen molar-refractivity contribution in [3.8, 4) is 0 Å². The normalized spacial score (nSPS) is 25.9. The van der Waals surface area contributed by atoms with Gasteiger partial charge in [-0.2, -0.15) is 0 Å². The van der Waals surface area contributed by atoms with E-state index >= 15 is 0 Å². The van der Waals surface area contributed by atoms with Crippen LogP contribution in [0.15, 0.2) is 5.16 Å². The third kappa shape index (κ3) is 5.26. The highest BCUT2D eigenvalue weighted by molar-refractivity contribution is 5.85. The Morgan fingerprint density at radius 1 is 1.40 bits per heavy atom. The van der Waals surface area contributed by atoms with Crippen molar-refractivity contribution in [3.05, 3.63) is 0 Å². The number of amidine groups is 1. The molecule has 0 aromatic heterocycles. The van der Waals surface area contributed by atoms with Crippen LogP contribution in [-0.2, 0) is 4.74 Å². The lowest BCUT2D eigenvalue weighted by atomic mass is 9.86. The summed E-state index contributed by atoms with van der Waals surface area (Å²) in [5.74, 6) is 0.290. The SMILES string of the molecule is CC1CN(CCCCC(C)(C)C(N)=NO)CC(CO)O1. The second kappa shape index (κ2) is 7.81. The number of morpholine rings is 1. The number of aliphatic hydroxyl groups is 1. The van der Waals surface area contributed by atoms with Crippen molar-refractivity contribution < 1.29 is 15.1 Å². The van der Waals surface area contributed by atoms with Crippen molar-refractivity contribution in [2.24, 2.45) is 16.3 Å². The highest BCUT2D eigenvalue weighted by atomic mass is 16.5. The third-order valence-electron chi connectivity index (χ3n) is 3.93. The molecular weight excluding hydrogens is 258 g/mol. The van der Waals surface area contributed by atoms with Gasteiger partial charge in [0.25, 0.3) is 0 Å². The fourth-order valence-corrected chi connectivity index (χ4v) is 2.59. The molecule has 1 aliphatic rings. The van der Waals surface area contributed by atoms with E-state index in [0.717, 1.165) is 38.9 Å². The standard InChI is InChI=1S/C14H29N3O3/c1-11-8-17(9-12(10-18)20-11)7-5-4-6-14(2,3)13(15)16-19/h11-12,18-19H,4-10H2,1-3H3,(H2,15,16). The molecule has 0 bridgehead atoms. The van der Waals surface area contributed by atoms with Crippen molar-refractivity contribution >= 4 is 5.84 Å². The van der Waals surface area contributed by atoms with Crippen LogP contribution in [0.2, 0.25) is 0 Å². The lowest BCUT2D eigenvalue weighted by Gasteiger charge is -2.36. The quantitative estimate of drug-likeness (QED) is 0.214. The van der Waals surface area contributed by atoms with Crippen LogP contribution in [0.5, 0.6) is 0 Å². The number of oxime groups is 1. The van der Waals surface area contributed by atoms with Gasteiger partial charge in [-0.3, -0.25) is 4.90 Å². The summed E-state index contributed by atoms with van der Waals surface area (Å²) in [7, 11) is 0. The zero-order valence-electron chi connectivity index (χ0n) is 12.9. The van der Waals surface area contributed by atoms with Gasteiger partial charge in [0.2, 0.25) is 0 Å². The van der Waals surface area contributed by atoms with Gasteiger partial charge in [-0.25, -0.2) is 0 Å². The lowest BCUT2D eigenvalue weighted by Crippen LogP contribution is -2.48. The minimum absolute atomic E-state index is 0.0626. The van der Waals surface area contributed by atoms with Crippen LogP contribution >= 0.6 is 0 Å². The first-order valence-electron chi connectivity index (χ1n) is 7.35. The Labute approximate surface area is 121 Å². The maximum atomic E-state index is 9.19. The van der Waals surface area contributed by atoms with Crippen molar-refractivity contribution in [1.29, 1.82) is 0 Å². The summed E-state index contributed by atoms with van der Waals surface area (Å²) in [4.78, 5) is 2.34. The second-order valence-corrected chi connectivity index (χ2v) is 6.34. The molecule has 0 radical (unpaired) electrons. The van der Waals surface area contributed by atoms with Gasteiger partial charge in [0.15, 0.2) is 0 Å². The van der Waals surface area contributed by atoms with Gasteiger partial charge in [0, 0.05) is 18.5 Å². The summed E-state index contributed by atoms with van der Waals surface area (Å²) in [6.45, 7) is 8.80. The van der Waals surface area contributed by atoms with Crippen molar-refractivity contribution in [2.45, 2.75) is 52.2 Å². The Morgan fingerprint density at radius 2 is 2.10 bits per heavy atom. The first-order valence-corrected chi connectivity index (χ1v) is 7.35. The van der Waals surface area contributed by atoms with Crippen LogP contribution in [0, 0.1) is 5.41 Å². The van der Waals surface area contributed by atoms with Crippen LogP contribution in [0.1, 0.15) is 40.0 Å². The Balaban J connectivity index is 2.27. The summed E-state index contributed by atoms with van der Waals surface area (Å²) >= 11 is 0. The Kier molecular flexibility index (Phi) is 6.71. The first kappa shape index (κ1) is 17.2. The number of hydrogen-bond donors (Lipinski definition) is 3. The van der Waals surface area contributed by atoms with Gasteiger partial charge < -0.3 is 20.8 Å². The molecule has 4 N–H and O–H groups in total. The van der Waals surface area contributed by atoms with E-state index in [0.29, 0.717) is 0 Å². The summed E-state index contributed by atoms with van der Waals surface area (Å²) in [5, 5.41) is 21.0. The Bertz CT molecular complexity index is 321. The van der Waals surface area contributed by atoms with E-state index in [1.807, 2.05) is 20.8 Å². The summed E-state index contributed by atoms with van der Waals surface area (Å²) in [6, 6.07) is 0. The molecule has 6 heteroatoms. The molecule has 20 heavy (non-hydrogen) atoms. The minimum atomic E-state index is -0.263. The molecule has 0 aromatic rings. The molecule has 0 spiro atoms. The van der Waals surface area contributed by atoms with Gasteiger partial charge in [-0.1, -0.05) is 25.4 Å². The zero-order valence-corrected chi connectivity index (χ0v) is 12.9. The fraction of sp³-hybridized carbons (Fsp3) is 0.929. The number of unbranched alkanes of at least 4 members (excludes halogenated alkanes) is 1. The van der Waals surface area contributed by atoms with Crippen LogP contribution in [0.25, 0.3) is 0 Å². The molecule has 0 saturated carbocycles. The predicted octanol–water partition coefficient (Wildman–Crippen LogP) is 1.01. The highest BCUT2D eigenvalue weighted by Crippen LogP contribution is 2.23. The molecule has 1 saturated heterocycles. The molecular formula is C14H29N3O3. The molecule has 2 atom stereocenters. The summed E-state index contributed by atoms with van der Waals surface area (Å²) in [5.41, 5.74) is 5.41. The van der Waals surface area contributed by atoms with E-state index in [-0.39, 0.29) is 30.1 Å². The number of nitrogens with zero attached hydrogens (tertiary/aromatic N) is 2. The number of rotatable bonds is 7. The molecule has 0 aliphatic carbocycles. The minimum Gasteiger partial charge on any atom is -0.409 e. The number of hydrogen-bond acceptors (Lipinski definition) is 5. The predicted molar refractivity (Wildman–Crippen MR) is 78.9 cm³/mol. The average molecular weight is 287 g/mol. The van der Waals surface area contributed by atoms with E-state index < -0.39 is 0 Å². The molecule has 6 nitrogen and oxygen atoms in total. The molecule has 2 unspecified atom stereocenters. The number of aliphatic hydroxyl groups excluding tert-OH is 1. The maximum Gasteiger partial charge on any atom is 0.144 e. The number of nitrogens with two attached hydrogens (primary N) is 1. The molecule has 1 heterocycles. The van der Waals surface area contributed by atoms with Crippen molar-refractivity contribution in [1.82, 2.24) is 4.90 Å². The van der Waals surface area contributed by atoms with Crippen molar-refractivity contribution in [3.63, 3.8) is 0 Å². The van der Waals surface area contributed by atoms with E-state index in [4.69, 9.17) is 15.7 Å². The molecule has 0 aromatic carbocycles. The molecule has 1 aliphatic heterocycles. The number of ether oxygens (including phenoxy) is 1. The molecule has 0 amide bonds. The van der Waals surface area contributed by atoms with Gasteiger partial charge in [0.05, 0.1) is 18.8 Å². The summed E-state index contributed by atoms with van der Waals surface area (Å²) < 4.78 is 5.62. The fourth-order valence-electron chi connectivity index (χ4n) is 2.59. The van der Waals surface area contributed by atoms with Gasteiger partial charge in [-0.15, -0.1) is 0 Å². The van der Waals surface area contributed by atoms with Crippen molar-refractivity contribution in [2.75, 3.05) is 26.2 Å². The van der Waals surface area contributed by atoms with E-state index in [1.54, 1.807) is 0 Å². The topological polar surface area (TPSA) is 91.3 Å². The monoisotopic (exact) mass is 287 g/mol. The van der Waals surface area contributed by atoms with Crippen LogP contribution in [0.4, 0.5) is 0 Å². The zero-order chi connectivity index (χ0) is 15.2. The van der Waals surface area contributed by atoms with E-state index in [1.165, 1.54) is 0 Å². The Morgan fingerprint density at radius 3 is 2.70 bits per heavy atom. The van der Waals surface area contributed by atoms with Gasteiger partial charge in [-0.05, 0) is 26.3 Å². The van der Waals surface area contributed by atoms with Crippen LogP contribution in [0.3, 0.4) is 0 Å². The average Bonchev–Trinajstić information content (AvgIpc) is 2.42. The third-order valence-corrected chi connectivity index (χ3v) is 3.93. The van der Waals surface area contributed by atoms with E-state index in [2.05, 4.69) is 10.1 Å². The van der Waals surface area contributed by atoms with Gasteiger partial charge in [0.1, 0.15) is 5.84 Å². The second-order valence-electron chi connectivity index (χ2n) is 6.34.